The Morgan fingerprint density at radius 1 is 1.62 bits per heavy atom. The van der Waals surface area contributed by atoms with Crippen molar-refractivity contribution in [2.45, 2.75) is 0 Å². The highest BCUT2D eigenvalue weighted by molar-refractivity contribution is 7.21. The van der Waals surface area contributed by atoms with Crippen molar-refractivity contribution in [3.05, 3.63) is 32.9 Å². The summed E-state index contributed by atoms with van der Waals surface area (Å²) in [7, 11) is 0. The smallest absolute Gasteiger partial charge is 0.313 e. The molecule has 2 rings (SSSR count). The summed E-state index contributed by atoms with van der Waals surface area (Å²) in [5, 5.41) is 10.6. The fourth-order valence-electron chi connectivity index (χ4n) is 0.945. The SMILES string of the molecule is O=c1[nH]cnc2sc([N+](=O)[O-])cc12. The van der Waals surface area contributed by atoms with E-state index < -0.39 is 4.92 Å². The molecule has 0 fully saturated rings. The molecule has 2 aromatic heterocycles. The second-order valence-electron chi connectivity index (χ2n) is 2.29. The number of thiophene rings is 1. The van der Waals surface area contributed by atoms with Crippen LogP contribution in [0, 0.1) is 10.1 Å². The molecular weight excluding hydrogens is 194 g/mol. The lowest BCUT2D eigenvalue weighted by Crippen LogP contribution is -2.03. The van der Waals surface area contributed by atoms with E-state index in [0.29, 0.717) is 4.83 Å². The van der Waals surface area contributed by atoms with E-state index in [1.165, 1.54) is 12.4 Å². The zero-order chi connectivity index (χ0) is 9.42. The van der Waals surface area contributed by atoms with Gasteiger partial charge in [-0.2, -0.15) is 0 Å². The Balaban J connectivity index is 2.83. The summed E-state index contributed by atoms with van der Waals surface area (Å²) in [5.41, 5.74) is -0.352. The van der Waals surface area contributed by atoms with Gasteiger partial charge < -0.3 is 4.98 Å². The van der Waals surface area contributed by atoms with Crippen LogP contribution in [0.3, 0.4) is 0 Å². The third-order valence-corrected chi connectivity index (χ3v) is 2.50. The lowest BCUT2D eigenvalue weighted by Gasteiger charge is -1.81. The molecule has 0 aliphatic rings. The van der Waals surface area contributed by atoms with E-state index in [1.807, 2.05) is 0 Å². The average molecular weight is 197 g/mol. The molecular formula is C6H3N3O3S. The van der Waals surface area contributed by atoms with Crippen molar-refractivity contribution in [1.29, 1.82) is 0 Å². The molecule has 2 heterocycles. The van der Waals surface area contributed by atoms with Gasteiger partial charge in [0.25, 0.3) is 5.56 Å². The Hall–Kier alpha value is -1.76. The van der Waals surface area contributed by atoms with E-state index in [1.54, 1.807) is 0 Å². The molecule has 0 aliphatic heterocycles. The standard InChI is InChI=1S/C6H3N3O3S/c10-5-3-1-4(9(11)12)13-6(3)8-2-7-5/h1-2H,(H,7,8,10). The molecule has 0 bridgehead atoms. The number of H-pyrrole nitrogens is 1. The maximum absolute atomic E-state index is 11.1. The quantitative estimate of drug-likeness (QED) is 0.543. The number of nitrogens with one attached hydrogen (secondary N) is 1. The van der Waals surface area contributed by atoms with Gasteiger partial charge >= 0.3 is 5.00 Å². The zero-order valence-corrected chi connectivity index (χ0v) is 7.00. The van der Waals surface area contributed by atoms with Gasteiger partial charge in [-0.25, -0.2) is 4.98 Å². The molecule has 0 spiro atoms. The van der Waals surface area contributed by atoms with Crippen LogP contribution in [0.25, 0.3) is 10.2 Å². The minimum atomic E-state index is -0.536. The first-order valence-electron chi connectivity index (χ1n) is 3.30. The Kier molecular flexibility index (Phi) is 1.59. The third kappa shape index (κ3) is 1.18. The van der Waals surface area contributed by atoms with E-state index in [9.17, 15) is 14.9 Å². The highest BCUT2D eigenvalue weighted by atomic mass is 32.1. The Morgan fingerprint density at radius 3 is 3.00 bits per heavy atom. The maximum Gasteiger partial charge on any atom is 0.326 e. The Morgan fingerprint density at radius 2 is 2.38 bits per heavy atom. The molecule has 0 aromatic carbocycles. The molecule has 0 radical (unpaired) electrons. The molecule has 1 N–H and O–H groups in total. The second-order valence-corrected chi connectivity index (χ2v) is 3.30. The van der Waals surface area contributed by atoms with Crippen molar-refractivity contribution in [2.24, 2.45) is 0 Å². The van der Waals surface area contributed by atoms with Crippen LogP contribution >= 0.6 is 11.3 Å². The summed E-state index contributed by atoms with van der Waals surface area (Å²) in [4.78, 5) is 27.5. The molecule has 0 unspecified atom stereocenters. The molecule has 2 aromatic rings. The minimum Gasteiger partial charge on any atom is -0.313 e. The van der Waals surface area contributed by atoms with Crippen molar-refractivity contribution in [2.75, 3.05) is 0 Å². The van der Waals surface area contributed by atoms with Crippen LogP contribution in [0.2, 0.25) is 0 Å². The Bertz CT molecular complexity index is 529. The molecule has 0 saturated carbocycles. The zero-order valence-electron chi connectivity index (χ0n) is 6.18. The number of aromatic amines is 1. The maximum atomic E-state index is 11.1. The summed E-state index contributed by atoms with van der Waals surface area (Å²) >= 11 is 0.889. The van der Waals surface area contributed by atoms with Gasteiger partial charge in [-0.3, -0.25) is 14.9 Å². The average Bonchev–Trinajstić information content (AvgIpc) is 2.49. The van der Waals surface area contributed by atoms with E-state index in [0.717, 1.165) is 11.3 Å². The lowest BCUT2D eigenvalue weighted by atomic mass is 10.4. The minimum absolute atomic E-state index is 0.0702. The number of hydrogen-bond donors (Lipinski definition) is 1. The van der Waals surface area contributed by atoms with Crippen LogP contribution in [-0.4, -0.2) is 14.9 Å². The first-order valence-corrected chi connectivity index (χ1v) is 4.12. The molecule has 66 valence electrons. The van der Waals surface area contributed by atoms with E-state index >= 15 is 0 Å². The van der Waals surface area contributed by atoms with Crippen molar-refractivity contribution in [3.8, 4) is 0 Å². The summed E-state index contributed by atoms with van der Waals surface area (Å²) < 4.78 is 0. The molecule has 0 atom stereocenters. The van der Waals surface area contributed by atoms with Gasteiger partial charge in [0, 0.05) is 6.07 Å². The first kappa shape index (κ1) is 7.87. The van der Waals surface area contributed by atoms with E-state index in [4.69, 9.17) is 0 Å². The number of fused-ring (bicyclic) bond motifs is 1. The van der Waals surface area contributed by atoms with Gasteiger partial charge in [-0.1, -0.05) is 0 Å². The van der Waals surface area contributed by atoms with E-state index in [-0.39, 0.29) is 15.9 Å². The Labute approximate surface area is 75.0 Å². The van der Waals surface area contributed by atoms with Gasteiger partial charge in [0.05, 0.1) is 16.6 Å². The van der Waals surface area contributed by atoms with Crippen molar-refractivity contribution in [1.82, 2.24) is 9.97 Å². The molecule has 7 heteroatoms. The van der Waals surface area contributed by atoms with Crippen LogP contribution in [-0.2, 0) is 0 Å². The van der Waals surface area contributed by atoms with Crippen LogP contribution in [0.5, 0.6) is 0 Å². The summed E-state index contributed by atoms with van der Waals surface area (Å²) in [6, 6.07) is 1.23. The number of nitro groups is 1. The molecule has 0 aliphatic carbocycles. The summed E-state index contributed by atoms with van der Waals surface area (Å²) in [5.74, 6) is 0. The normalized spacial score (nSPS) is 10.5. The van der Waals surface area contributed by atoms with Crippen molar-refractivity contribution in [3.63, 3.8) is 0 Å². The highest BCUT2D eigenvalue weighted by Crippen LogP contribution is 2.26. The fraction of sp³-hybridized carbons (Fsp3) is 0. The van der Waals surface area contributed by atoms with Crippen molar-refractivity contribution >= 4 is 26.6 Å². The van der Waals surface area contributed by atoms with Gasteiger partial charge in [-0.05, 0) is 11.3 Å². The van der Waals surface area contributed by atoms with Gasteiger partial charge in [-0.15, -0.1) is 0 Å². The van der Waals surface area contributed by atoms with Gasteiger partial charge in [0.15, 0.2) is 0 Å². The van der Waals surface area contributed by atoms with Gasteiger partial charge in [0.1, 0.15) is 4.83 Å². The lowest BCUT2D eigenvalue weighted by molar-refractivity contribution is -0.380. The van der Waals surface area contributed by atoms with Gasteiger partial charge in [0.2, 0.25) is 0 Å². The predicted molar refractivity (Wildman–Crippen MR) is 46.9 cm³/mol. The topological polar surface area (TPSA) is 88.9 Å². The van der Waals surface area contributed by atoms with Crippen LogP contribution < -0.4 is 5.56 Å². The summed E-state index contributed by atoms with van der Waals surface area (Å²) in [6.45, 7) is 0. The number of hydrogen-bond acceptors (Lipinski definition) is 5. The second kappa shape index (κ2) is 2.63. The molecule has 13 heavy (non-hydrogen) atoms. The largest absolute Gasteiger partial charge is 0.326 e. The summed E-state index contributed by atoms with van der Waals surface area (Å²) in [6.07, 6.45) is 1.23. The number of nitrogens with zero attached hydrogens (tertiary/aromatic N) is 2. The molecule has 0 saturated heterocycles. The highest BCUT2D eigenvalue weighted by Gasteiger charge is 2.13. The first-order chi connectivity index (χ1) is 6.18. The van der Waals surface area contributed by atoms with Crippen molar-refractivity contribution < 1.29 is 4.92 Å². The van der Waals surface area contributed by atoms with Crippen LogP contribution in [0.4, 0.5) is 5.00 Å². The van der Waals surface area contributed by atoms with Crippen LogP contribution in [0.15, 0.2) is 17.2 Å². The monoisotopic (exact) mass is 197 g/mol. The van der Waals surface area contributed by atoms with Crippen LogP contribution in [0.1, 0.15) is 0 Å². The predicted octanol–water partition coefficient (Wildman–Crippen LogP) is 0.893. The molecule has 0 amide bonds. The fourth-order valence-corrected chi connectivity index (χ4v) is 1.76. The number of rotatable bonds is 1. The molecule has 6 nitrogen and oxygen atoms in total. The third-order valence-electron chi connectivity index (χ3n) is 1.50. The van der Waals surface area contributed by atoms with E-state index in [2.05, 4.69) is 9.97 Å². The number of aromatic nitrogens is 2.